The molecule has 0 aliphatic rings. The fraction of sp³-hybridized carbons (Fsp3) is 0.571. The molecule has 1 N–H and O–H groups in total. The molecule has 2 rings (SSSR count). The number of carbonyl (C=O) groups is 1. The molecule has 0 saturated heterocycles. The number of hydrogen-bond acceptors (Lipinski definition) is 5. The highest BCUT2D eigenvalue weighted by Gasteiger charge is 2.20. The van der Waals surface area contributed by atoms with Crippen LogP contribution in [0, 0.1) is 0 Å². The lowest BCUT2D eigenvalue weighted by Gasteiger charge is -2.20. The Balaban J connectivity index is 2.31. The van der Waals surface area contributed by atoms with Crippen LogP contribution in [0.3, 0.4) is 0 Å². The van der Waals surface area contributed by atoms with Crippen molar-refractivity contribution in [2.75, 3.05) is 19.6 Å². The number of fused-ring (bicyclic) bond motifs is 1. The molecule has 1 aromatic carbocycles. The minimum atomic E-state index is -0.329. The maximum atomic E-state index is 13.1. The number of para-hydroxylation sites is 1. The normalized spacial score (nSPS) is 12.7. The molecule has 28 heavy (non-hydrogen) atoms. The Morgan fingerprint density at radius 2 is 1.89 bits per heavy atom. The van der Waals surface area contributed by atoms with Crippen molar-refractivity contribution in [3.8, 4) is 0 Å². The quantitative estimate of drug-likeness (QED) is 0.487. The second-order valence-corrected chi connectivity index (χ2v) is 8.48. The largest absolute Gasteiger partial charge is 0.353 e. The van der Waals surface area contributed by atoms with Crippen molar-refractivity contribution in [1.29, 1.82) is 0 Å². The fourth-order valence-corrected chi connectivity index (χ4v) is 3.98. The van der Waals surface area contributed by atoms with E-state index in [1.165, 1.54) is 11.8 Å². The minimum Gasteiger partial charge on any atom is -0.353 e. The number of carbonyl (C=O) groups excluding carboxylic acids is 1. The molecule has 1 heterocycles. The van der Waals surface area contributed by atoms with Gasteiger partial charge in [0.25, 0.3) is 5.56 Å². The smallest absolute Gasteiger partial charge is 0.262 e. The predicted molar refractivity (Wildman–Crippen MR) is 117 cm³/mol. The highest BCUT2D eigenvalue weighted by molar-refractivity contribution is 8.00. The van der Waals surface area contributed by atoms with Gasteiger partial charge < -0.3 is 10.2 Å². The molecule has 6 nitrogen and oxygen atoms in total. The van der Waals surface area contributed by atoms with E-state index in [-0.39, 0.29) is 22.8 Å². The van der Waals surface area contributed by atoms with E-state index in [1.54, 1.807) is 4.57 Å². The molecule has 0 aliphatic heterocycles. The summed E-state index contributed by atoms with van der Waals surface area (Å²) in [6, 6.07) is 7.48. The molecule has 1 atom stereocenters. The van der Waals surface area contributed by atoms with Gasteiger partial charge in [-0.3, -0.25) is 14.2 Å². The summed E-state index contributed by atoms with van der Waals surface area (Å²) in [5.41, 5.74) is 0.635. The first kappa shape index (κ1) is 22.4. The fourth-order valence-electron chi connectivity index (χ4n) is 3.04. The molecule has 7 heteroatoms. The standard InChI is InChI=1S/C21H32N4O2S/c1-6-24(7-2)13-10-14-25-20(27)17-11-8-9-12-18(17)23-21(25)28-16(5)19(26)22-15(3)4/h8-9,11-12,15-16H,6-7,10,13-14H2,1-5H3,(H,22,26)/t16-/m1/s1. The zero-order chi connectivity index (χ0) is 20.7. The van der Waals surface area contributed by atoms with E-state index in [9.17, 15) is 9.59 Å². The summed E-state index contributed by atoms with van der Waals surface area (Å²) < 4.78 is 1.73. The van der Waals surface area contributed by atoms with Crippen LogP contribution in [0.25, 0.3) is 10.9 Å². The molecule has 0 aliphatic carbocycles. The van der Waals surface area contributed by atoms with Gasteiger partial charge in [-0.15, -0.1) is 0 Å². The van der Waals surface area contributed by atoms with Crippen molar-refractivity contribution in [3.05, 3.63) is 34.6 Å². The van der Waals surface area contributed by atoms with Crippen LogP contribution in [-0.2, 0) is 11.3 Å². The Labute approximate surface area is 171 Å². The molecule has 154 valence electrons. The average molecular weight is 405 g/mol. The van der Waals surface area contributed by atoms with Gasteiger partial charge in [0.1, 0.15) is 0 Å². The average Bonchev–Trinajstić information content (AvgIpc) is 2.66. The highest BCUT2D eigenvalue weighted by atomic mass is 32.2. The predicted octanol–water partition coefficient (Wildman–Crippen LogP) is 3.13. The van der Waals surface area contributed by atoms with Crippen LogP contribution < -0.4 is 10.9 Å². The number of amides is 1. The molecule has 0 bridgehead atoms. The van der Waals surface area contributed by atoms with Crippen molar-refractivity contribution in [2.45, 2.75) is 64.0 Å². The zero-order valence-corrected chi connectivity index (χ0v) is 18.4. The third kappa shape index (κ3) is 5.82. The van der Waals surface area contributed by atoms with Gasteiger partial charge in [-0.1, -0.05) is 37.7 Å². The van der Waals surface area contributed by atoms with Crippen LogP contribution >= 0.6 is 11.8 Å². The molecule has 0 spiro atoms. The first-order chi connectivity index (χ1) is 13.4. The van der Waals surface area contributed by atoms with Crippen LogP contribution in [0.1, 0.15) is 41.0 Å². The van der Waals surface area contributed by atoms with Gasteiger partial charge in [0, 0.05) is 12.6 Å². The zero-order valence-electron chi connectivity index (χ0n) is 17.6. The minimum absolute atomic E-state index is 0.0379. The monoisotopic (exact) mass is 404 g/mol. The Morgan fingerprint density at radius 1 is 1.21 bits per heavy atom. The van der Waals surface area contributed by atoms with Crippen molar-refractivity contribution >= 4 is 28.6 Å². The van der Waals surface area contributed by atoms with Gasteiger partial charge in [-0.05, 0) is 59.0 Å². The molecule has 0 radical (unpaired) electrons. The Hall–Kier alpha value is -1.86. The summed E-state index contributed by atoms with van der Waals surface area (Å²) >= 11 is 1.35. The maximum Gasteiger partial charge on any atom is 0.262 e. The number of hydrogen-bond donors (Lipinski definition) is 1. The van der Waals surface area contributed by atoms with Crippen LogP contribution in [0.15, 0.2) is 34.2 Å². The van der Waals surface area contributed by atoms with Crippen LogP contribution in [0.2, 0.25) is 0 Å². The first-order valence-electron chi connectivity index (χ1n) is 10.1. The van der Waals surface area contributed by atoms with E-state index in [2.05, 4.69) is 24.1 Å². The molecular formula is C21H32N4O2S. The summed E-state index contributed by atoms with van der Waals surface area (Å²) in [6.45, 7) is 13.5. The van der Waals surface area contributed by atoms with Crippen LogP contribution in [0.5, 0.6) is 0 Å². The van der Waals surface area contributed by atoms with E-state index < -0.39 is 0 Å². The van der Waals surface area contributed by atoms with E-state index in [0.717, 1.165) is 26.1 Å². The van der Waals surface area contributed by atoms with Crippen LogP contribution in [0.4, 0.5) is 0 Å². The van der Waals surface area contributed by atoms with E-state index in [4.69, 9.17) is 4.98 Å². The van der Waals surface area contributed by atoms with E-state index in [0.29, 0.717) is 22.6 Å². The topological polar surface area (TPSA) is 67.2 Å². The van der Waals surface area contributed by atoms with E-state index in [1.807, 2.05) is 45.0 Å². The van der Waals surface area contributed by atoms with Gasteiger partial charge in [-0.2, -0.15) is 0 Å². The molecule has 1 amide bonds. The van der Waals surface area contributed by atoms with E-state index >= 15 is 0 Å². The van der Waals surface area contributed by atoms with Crippen molar-refractivity contribution in [1.82, 2.24) is 19.8 Å². The lowest BCUT2D eigenvalue weighted by atomic mass is 10.2. The third-order valence-corrected chi connectivity index (χ3v) is 5.75. The van der Waals surface area contributed by atoms with Gasteiger partial charge in [-0.25, -0.2) is 4.98 Å². The van der Waals surface area contributed by atoms with Crippen molar-refractivity contribution < 1.29 is 4.79 Å². The molecule has 0 fully saturated rings. The summed E-state index contributed by atoms with van der Waals surface area (Å²) in [6.07, 6.45) is 0.863. The molecule has 0 saturated carbocycles. The third-order valence-electron chi connectivity index (χ3n) is 4.66. The number of nitrogens with zero attached hydrogens (tertiary/aromatic N) is 3. The first-order valence-corrected chi connectivity index (χ1v) is 10.9. The Kier molecular flexibility index (Phi) is 8.51. The molecule has 2 aromatic rings. The Morgan fingerprint density at radius 3 is 2.54 bits per heavy atom. The van der Waals surface area contributed by atoms with Crippen molar-refractivity contribution in [2.24, 2.45) is 0 Å². The van der Waals surface area contributed by atoms with Gasteiger partial charge in [0.05, 0.1) is 16.2 Å². The lowest BCUT2D eigenvalue weighted by molar-refractivity contribution is -0.120. The SMILES string of the molecule is CCN(CC)CCCn1c(S[C@H](C)C(=O)NC(C)C)nc2ccccc2c1=O. The number of benzene rings is 1. The van der Waals surface area contributed by atoms with Crippen LogP contribution in [-0.4, -0.2) is 51.3 Å². The lowest BCUT2D eigenvalue weighted by Crippen LogP contribution is -2.36. The highest BCUT2D eigenvalue weighted by Crippen LogP contribution is 2.23. The summed E-state index contributed by atoms with van der Waals surface area (Å²) in [5.74, 6) is -0.0444. The second kappa shape index (κ2) is 10.6. The number of thioether (sulfide) groups is 1. The molecular weight excluding hydrogens is 372 g/mol. The molecule has 1 aromatic heterocycles. The summed E-state index contributed by atoms with van der Waals surface area (Å²) in [7, 11) is 0. The van der Waals surface area contributed by atoms with Gasteiger partial charge in [0.2, 0.25) is 5.91 Å². The molecule has 0 unspecified atom stereocenters. The number of nitrogens with one attached hydrogen (secondary N) is 1. The van der Waals surface area contributed by atoms with Gasteiger partial charge >= 0.3 is 0 Å². The second-order valence-electron chi connectivity index (χ2n) is 7.17. The maximum absolute atomic E-state index is 13.1. The summed E-state index contributed by atoms with van der Waals surface area (Å²) in [4.78, 5) is 32.5. The van der Waals surface area contributed by atoms with Crippen molar-refractivity contribution in [3.63, 3.8) is 0 Å². The van der Waals surface area contributed by atoms with Gasteiger partial charge in [0.15, 0.2) is 5.16 Å². The number of rotatable bonds is 10. The Bertz CT molecular complexity index is 846. The number of aromatic nitrogens is 2. The summed E-state index contributed by atoms with van der Waals surface area (Å²) in [5, 5.41) is 3.82.